The van der Waals surface area contributed by atoms with Crippen molar-refractivity contribution in [2.75, 3.05) is 0 Å². The summed E-state index contributed by atoms with van der Waals surface area (Å²) in [6.07, 6.45) is 4.91. The molecule has 0 saturated heterocycles. The highest BCUT2D eigenvalue weighted by molar-refractivity contribution is 7.13. The molecule has 0 unspecified atom stereocenters. The lowest BCUT2D eigenvalue weighted by Crippen LogP contribution is -1.90. The lowest BCUT2D eigenvalue weighted by molar-refractivity contribution is 1.11. The Balaban J connectivity index is 2.37. The molecule has 0 N–H and O–H groups in total. The minimum Gasteiger partial charge on any atom is -0.262 e. The van der Waals surface area contributed by atoms with Crippen molar-refractivity contribution >= 4 is 28.6 Å². The Hall–Kier alpha value is -1.53. The molecule has 3 heterocycles. The van der Waals surface area contributed by atoms with E-state index in [-0.39, 0.29) is 0 Å². The van der Waals surface area contributed by atoms with Gasteiger partial charge in [-0.3, -0.25) is 14.4 Å². The molecule has 74 valence electrons. The maximum absolute atomic E-state index is 6.03. The highest BCUT2D eigenvalue weighted by Crippen LogP contribution is 2.24. The van der Waals surface area contributed by atoms with Crippen molar-refractivity contribution in [3.8, 4) is 10.7 Å². The third-order valence-electron chi connectivity index (χ3n) is 1.93. The zero-order valence-electron chi connectivity index (χ0n) is 7.33. The molecule has 3 aromatic heterocycles. The second kappa shape index (κ2) is 3.25. The van der Waals surface area contributed by atoms with Crippen molar-refractivity contribution in [2.45, 2.75) is 0 Å². The third-order valence-corrected chi connectivity index (χ3v) is 2.96. The van der Waals surface area contributed by atoms with Crippen LogP contribution in [0.3, 0.4) is 0 Å². The van der Waals surface area contributed by atoms with Crippen LogP contribution in [0.25, 0.3) is 16.3 Å². The number of hydrogen-bond acceptors (Lipinski definition) is 5. The van der Waals surface area contributed by atoms with Crippen LogP contribution in [0.4, 0.5) is 0 Å². The number of fused-ring (bicyclic) bond motifs is 1. The highest BCUT2D eigenvalue weighted by Gasteiger charge is 2.11. The summed E-state index contributed by atoms with van der Waals surface area (Å²) >= 11 is 7.52. The monoisotopic (exact) mass is 237 g/mol. The van der Waals surface area contributed by atoms with E-state index in [1.54, 1.807) is 28.5 Å². The van der Waals surface area contributed by atoms with Gasteiger partial charge in [0, 0.05) is 6.20 Å². The van der Waals surface area contributed by atoms with Crippen LogP contribution in [0.5, 0.6) is 0 Å². The SMILES string of the molecule is Clc1cncc2nnc(-c3cncs3)n12. The number of thiazole rings is 1. The number of rotatable bonds is 1. The summed E-state index contributed by atoms with van der Waals surface area (Å²) in [5, 5.41) is 8.52. The quantitative estimate of drug-likeness (QED) is 0.649. The molecule has 0 radical (unpaired) electrons. The number of nitrogens with zero attached hydrogens (tertiary/aromatic N) is 5. The van der Waals surface area contributed by atoms with Gasteiger partial charge in [0.05, 0.1) is 22.8 Å². The van der Waals surface area contributed by atoms with E-state index < -0.39 is 0 Å². The van der Waals surface area contributed by atoms with Crippen molar-refractivity contribution < 1.29 is 0 Å². The van der Waals surface area contributed by atoms with Crippen LogP contribution in [-0.4, -0.2) is 24.6 Å². The second-order valence-corrected chi connectivity index (χ2v) is 4.09. The molecule has 15 heavy (non-hydrogen) atoms. The second-order valence-electron chi connectivity index (χ2n) is 2.81. The van der Waals surface area contributed by atoms with E-state index in [1.165, 1.54) is 11.3 Å². The minimum atomic E-state index is 0.487. The van der Waals surface area contributed by atoms with Crippen molar-refractivity contribution in [1.82, 2.24) is 24.6 Å². The largest absolute Gasteiger partial charge is 0.262 e. The smallest absolute Gasteiger partial charge is 0.181 e. The molecule has 0 fully saturated rings. The fraction of sp³-hybridized carbons (Fsp3) is 0. The van der Waals surface area contributed by atoms with Gasteiger partial charge in [-0.2, -0.15) is 0 Å². The zero-order valence-corrected chi connectivity index (χ0v) is 8.90. The van der Waals surface area contributed by atoms with Crippen LogP contribution in [0.1, 0.15) is 0 Å². The first-order valence-corrected chi connectivity index (χ1v) is 5.35. The summed E-state index contributed by atoms with van der Waals surface area (Å²) in [5.41, 5.74) is 2.37. The Morgan fingerprint density at radius 3 is 2.87 bits per heavy atom. The molecule has 0 spiro atoms. The molecule has 0 atom stereocenters. The first kappa shape index (κ1) is 8.75. The third kappa shape index (κ3) is 1.30. The van der Waals surface area contributed by atoms with Gasteiger partial charge in [-0.05, 0) is 0 Å². The van der Waals surface area contributed by atoms with Crippen molar-refractivity contribution in [2.24, 2.45) is 0 Å². The predicted molar refractivity (Wildman–Crippen MR) is 56.9 cm³/mol. The molecule has 0 aliphatic heterocycles. The summed E-state index contributed by atoms with van der Waals surface area (Å²) in [4.78, 5) is 8.86. The Kier molecular flexibility index (Phi) is 1.90. The molecule has 0 saturated carbocycles. The average Bonchev–Trinajstić information content (AvgIpc) is 2.85. The maximum atomic E-state index is 6.03. The summed E-state index contributed by atoms with van der Waals surface area (Å²) in [7, 11) is 0. The van der Waals surface area contributed by atoms with Crippen LogP contribution in [-0.2, 0) is 0 Å². The van der Waals surface area contributed by atoms with E-state index >= 15 is 0 Å². The normalized spacial score (nSPS) is 11.0. The van der Waals surface area contributed by atoms with E-state index in [2.05, 4.69) is 20.2 Å². The predicted octanol–water partition coefficient (Wildman–Crippen LogP) is 1.90. The van der Waals surface area contributed by atoms with E-state index in [9.17, 15) is 0 Å². The van der Waals surface area contributed by atoms with Gasteiger partial charge < -0.3 is 0 Å². The summed E-state index contributed by atoms with van der Waals surface area (Å²) in [6, 6.07) is 0. The topological polar surface area (TPSA) is 56.0 Å². The molecule has 3 aromatic rings. The molecular formula is C8H4ClN5S. The van der Waals surface area contributed by atoms with E-state index in [4.69, 9.17) is 11.6 Å². The van der Waals surface area contributed by atoms with Gasteiger partial charge in [0.25, 0.3) is 0 Å². The maximum Gasteiger partial charge on any atom is 0.181 e. The molecule has 5 nitrogen and oxygen atoms in total. The van der Waals surface area contributed by atoms with Gasteiger partial charge in [0.15, 0.2) is 11.5 Å². The number of aromatic nitrogens is 5. The van der Waals surface area contributed by atoms with Crippen LogP contribution in [0, 0.1) is 0 Å². The molecule has 0 aliphatic rings. The van der Waals surface area contributed by atoms with Crippen LogP contribution in [0.15, 0.2) is 24.1 Å². The standard InChI is InChI=1S/C8H4ClN5S/c9-6-2-10-3-7-12-13-8(14(6)7)5-1-11-4-15-5/h1-4H. The lowest BCUT2D eigenvalue weighted by Gasteiger charge is -1.97. The van der Waals surface area contributed by atoms with Crippen molar-refractivity contribution in [3.05, 3.63) is 29.3 Å². The Morgan fingerprint density at radius 2 is 2.07 bits per heavy atom. The van der Waals surface area contributed by atoms with E-state index in [0.29, 0.717) is 16.6 Å². The van der Waals surface area contributed by atoms with E-state index in [1.807, 2.05) is 0 Å². The van der Waals surface area contributed by atoms with Gasteiger partial charge in [-0.15, -0.1) is 21.5 Å². The molecule has 0 aromatic carbocycles. The minimum absolute atomic E-state index is 0.487. The number of halogens is 1. The summed E-state index contributed by atoms with van der Waals surface area (Å²) < 4.78 is 1.74. The number of hydrogen-bond donors (Lipinski definition) is 0. The Bertz CT molecular complexity index is 603. The van der Waals surface area contributed by atoms with Gasteiger partial charge in [-0.1, -0.05) is 11.6 Å². The lowest BCUT2D eigenvalue weighted by atomic mass is 10.5. The molecule has 7 heteroatoms. The van der Waals surface area contributed by atoms with Gasteiger partial charge in [0.2, 0.25) is 0 Å². The van der Waals surface area contributed by atoms with Crippen molar-refractivity contribution in [3.63, 3.8) is 0 Å². The summed E-state index contributed by atoms with van der Waals surface area (Å²) in [6.45, 7) is 0. The fourth-order valence-corrected chi connectivity index (χ4v) is 2.12. The molecule has 0 aliphatic carbocycles. The van der Waals surface area contributed by atoms with Crippen LogP contribution < -0.4 is 0 Å². The van der Waals surface area contributed by atoms with Crippen LogP contribution >= 0.6 is 22.9 Å². The molecule has 0 bridgehead atoms. The van der Waals surface area contributed by atoms with Crippen molar-refractivity contribution in [1.29, 1.82) is 0 Å². The van der Waals surface area contributed by atoms with Gasteiger partial charge in [0.1, 0.15) is 5.15 Å². The Labute approximate surface area is 93.4 Å². The first-order valence-electron chi connectivity index (χ1n) is 4.10. The van der Waals surface area contributed by atoms with Gasteiger partial charge in [-0.25, -0.2) is 0 Å². The zero-order chi connectivity index (χ0) is 10.3. The molecular weight excluding hydrogens is 234 g/mol. The molecule has 0 amide bonds. The highest BCUT2D eigenvalue weighted by atomic mass is 35.5. The average molecular weight is 238 g/mol. The fourth-order valence-electron chi connectivity index (χ4n) is 1.30. The first-order chi connectivity index (χ1) is 7.36. The Morgan fingerprint density at radius 1 is 1.13 bits per heavy atom. The summed E-state index contributed by atoms with van der Waals surface area (Å²) in [5.74, 6) is 0.694. The van der Waals surface area contributed by atoms with E-state index in [0.717, 1.165) is 4.88 Å². The molecule has 3 rings (SSSR count). The van der Waals surface area contributed by atoms with Crippen LogP contribution in [0.2, 0.25) is 5.15 Å². The van der Waals surface area contributed by atoms with Gasteiger partial charge >= 0.3 is 0 Å².